The van der Waals surface area contributed by atoms with E-state index < -0.39 is 5.60 Å². The molecule has 1 aromatic heterocycles. The van der Waals surface area contributed by atoms with Crippen molar-refractivity contribution < 1.29 is 9.84 Å². The second-order valence-corrected chi connectivity index (χ2v) is 5.58. The lowest BCUT2D eigenvalue weighted by Crippen LogP contribution is -2.37. The van der Waals surface area contributed by atoms with Crippen molar-refractivity contribution in [1.29, 1.82) is 0 Å². The van der Waals surface area contributed by atoms with Gasteiger partial charge in [-0.2, -0.15) is 0 Å². The summed E-state index contributed by atoms with van der Waals surface area (Å²) in [5.74, 6) is 7.69. The Bertz CT molecular complexity index is 472. The van der Waals surface area contributed by atoms with Crippen LogP contribution in [0.4, 0.5) is 11.6 Å². The van der Waals surface area contributed by atoms with Crippen LogP contribution >= 0.6 is 0 Å². The average Bonchev–Trinajstić information content (AvgIpc) is 2.84. The molecule has 5 N–H and O–H groups in total. The molecule has 1 aromatic rings. The number of aliphatic hydroxyl groups is 1. The number of hydrogen-bond acceptors (Lipinski definition) is 7. The van der Waals surface area contributed by atoms with E-state index in [1.165, 1.54) is 0 Å². The summed E-state index contributed by atoms with van der Waals surface area (Å²) >= 11 is 0. The molecule has 1 aliphatic heterocycles. The second kappa shape index (κ2) is 5.90. The molecular formula is C13H23N5O2. The maximum absolute atomic E-state index is 10.3. The smallest absolute Gasteiger partial charge is 0.148 e. The maximum Gasteiger partial charge on any atom is 0.148 e. The normalized spacial score (nSPS) is 22.3. The summed E-state index contributed by atoms with van der Waals surface area (Å²) in [4.78, 5) is 8.88. The van der Waals surface area contributed by atoms with Crippen LogP contribution in [0.25, 0.3) is 0 Å². The quantitative estimate of drug-likeness (QED) is 0.466. The standard InChI is InChI=1S/C13H23N5O2/c1-8(2)10-16-11(9(3)12(17-10)18-14)15-6-13(19)4-5-20-7-13/h8,19H,4-7,14H2,1-3H3,(H2,15,16,17,18). The Morgan fingerprint density at radius 2 is 2.10 bits per heavy atom. The van der Waals surface area contributed by atoms with Crippen molar-refractivity contribution in [3.8, 4) is 0 Å². The lowest BCUT2D eigenvalue weighted by molar-refractivity contribution is 0.0381. The summed E-state index contributed by atoms with van der Waals surface area (Å²) in [6, 6.07) is 0. The predicted octanol–water partition coefficient (Wildman–Crippen LogP) is 0.757. The van der Waals surface area contributed by atoms with Gasteiger partial charge in [-0.25, -0.2) is 15.8 Å². The molecule has 2 heterocycles. The van der Waals surface area contributed by atoms with E-state index >= 15 is 0 Å². The van der Waals surface area contributed by atoms with Gasteiger partial charge in [0.2, 0.25) is 0 Å². The number of ether oxygens (including phenoxy) is 1. The van der Waals surface area contributed by atoms with Crippen molar-refractivity contribution in [2.45, 2.75) is 38.7 Å². The Hall–Kier alpha value is -1.44. The number of rotatable bonds is 5. The van der Waals surface area contributed by atoms with Crippen molar-refractivity contribution in [3.05, 3.63) is 11.4 Å². The van der Waals surface area contributed by atoms with Crippen LogP contribution in [0.5, 0.6) is 0 Å². The molecule has 0 aromatic carbocycles. The van der Waals surface area contributed by atoms with Crippen LogP contribution in [0.1, 0.15) is 37.6 Å². The first-order chi connectivity index (χ1) is 9.45. The molecule has 0 radical (unpaired) electrons. The molecular weight excluding hydrogens is 258 g/mol. The molecule has 0 bridgehead atoms. The van der Waals surface area contributed by atoms with Crippen molar-refractivity contribution in [2.24, 2.45) is 5.84 Å². The molecule has 7 nitrogen and oxygen atoms in total. The van der Waals surface area contributed by atoms with Crippen LogP contribution in [0, 0.1) is 6.92 Å². The Kier molecular flexibility index (Phi) is 4.42. The number of aromatic nitrogens is 2. The van der Waals surface area contributed by atoms with Gasteiger partial charge in [0.1, 0.15) is 23.1 Å². The highest BCUT2D eigenvalue weighted by molar-refractivity contribution is 5.57. The molecule has 0 spiro atoms. The molecule has 1 atom stereocenters. The highest BCUT2D eigenvalue weighted by atomic mass is 16.5. The third-order valence-electron chi connectivity index (χ3n) is 3.48. The number of nitrogen functional groups attached to an aromatic ring is 1. The van der Waals surface area contributed by atoms with E-state index in [4.69, 9.17) is 10.6 Å². The first kappa shape index (κ1) is 15.0. The zero-order chi connectivity index (χ0) is 14.8. The molecule has 7 heteroatoms. The van der Waals surface area contributed by atoms with Gasteiger partial charge in [0.15, 0.2) is 0 Å². The van der Waals surface area contributed by atoms with Gasteiger partial charge in [-0.1, -0.05) is 13.8 Å². The third-order valence-corrected chi connectivity index (χ3v) is 3.48. The average molecular weight is 281 g/mol. The molecule has 1 aliphatic rings. The van der Waals surface area contributed by atoms with Crippen LogP contribution in [-0.4, -0.2) is 40.4 Å². The zero-order valence-electron chi connectivity index (χ0n) is 12.2. The van der Waals surface area contributed by atoms with Crippen molar-refractivity contribution in [2.75, 3.05) is 30.5 Å². The lowest BCUT2D eigenvalue weighted by atomic mass is 10.0. The number of hydrazine groups is 1. The number of hydrogen-bond donors (Lipinski definition) is 4. The van der Waals surface area contributed by atoms with Crippen LogP contribution in [0.2, 0.25) is 0 Å². The van der Waals surface area contributed by atoms with E-state index in [9.17, 15) is 5.11 Å². The molecule has 1 saturated heterocycles. The van der Waals surface area contributed by atoms with E-state index in [0.717, 1.165) is 5.56 Å². The third kappa shape index (κ3) is 3.17. The highest BCUT2D eigenvalue weighted by Gasteiger charge is 2.32. The molecule has 0 saturated carbocycles. The van der Waals surface area contributed by atoms with E-state index in [1.54, 1.807) is 0 Å². The zero-order valence-corrected chi connectivity index (χ0v) is 12.2. The minimum atomic E-state index is -0.828. The van der Waals surface area contributed by atoms with Gasteiger partial charge in [-0.05, 0) is 6.92 Å². The van der Waals surface area contributed by atoms with Gasteiger partial charge >= 0.3 is 0 Å². The van der Waals surface area contributed by atoms with Crippen LogP contribution in [-0.2, 0) is 4.74 Å². The maximum atomic E-state index is 10.3. The predicted molar refractivity (Wildman–Crippen MR) is 77.5 cm³/mol. The largest absolute Gasteiger partial charge is 0.386 e. The van der Waals surface area contributed by atoms with Crippen molar-refractivity contribution in [3.63, 3.8) is 0 Å². The molecule has 0 aliphatic carbocycles. The fraction of sp³-hybridized carbons (Fsp3) is 0.692. The molecule has 20 heavy (non-hydrogen) atoms. The van der Waals surface area contributed by atoms with Gasteiger partial charge in [0.25, 0.3) is 0 Å². The minimum absolute atomic E-state index is 0.196. The lowest BCUT2D eigenvalue weighted by Gasteiger charge is -2.22. The summed E-state index contributed by atoms with van der Waals surface area (Å²) in [5.41, 5.74) is 2.60. The van der Waals surface area contributed by atoms with Gasteiger partial charge < -0.3 is 20.6 Å². The SMILES string of the molecule is Cc1c(NN)nc(C(C)C)nc1NCC1(O)CCOC1. The Labute approximate surface area is 118 Å². The van der Waals surface area contributed by atoms with E-state index in [1.807, 2.05) is 20.8 Å². The summed E-state index contributed by atoms with van der Waals surface area (Å²) in [6.07, 6.45) is 0.628. The van der Waals surface area contributed by atoms with E-state index in [0.29, 0.717) is 43.6 Å². The minimum Gasteiger partial charge on any atom is -0.386 e. The second-order valence-electron chi connectivity index (χ2n) is 5.58. The fourth-order valence-corrected chi connectivity index (χ4v) is 2.09. The highest BCUT2D eigenvalue weighted by Crippen LogP contribution is 2.24. The van der Waals surface area contributed by atoms with E-state index in [2.05, 4.69) is 20.7 Å². The number of anilines is 2. The van der Waals surface area contributed by atoms with Gasteiger partial charge in [0.05, 0.1) is 6.61 Å². The molecule has 0 amide bonds. The number of nitrogens with zero attached hydrogens (tertiary/aromatic N) is 2. The monoisotopic (exact) mass is 281 g/mol. The molecule has 2 rings (SSSR count). The van der Waals surface area contributed by atoms with Crippen LogP contribution in [0.15, 0.2) is 0 Å². The first-order valence-corrected chi connectivity index (χ1v) is 6.84. The van der Waals surface area contributed by atoms with E-state index in [-0.39, 0.29) is 5.92 Å². The first-order valence-electron chi connectivity index (χ1n) is 6.84. The molecule has 1 unspecified atom stereocenters. The Balaban J connectivity index is 2.19. The summed E-state index contributed by atoms with van der Waals surface area (Å²) in [6.45, 7) is 7.26. The number of nitrogens with two attached hydrogens (primary N) is 1. The van der Waals surface area contributed by atoms with Crippen molar-refractivity contribution in [1.82, 2.24) is 9.97 Å². The summed E-state index contributed by atoms with van der Waals surface area (Å²) in [5, 5.41) is 13.5. The van der Waals surface area contributed by atoms with Crippen molar-refractivity contribution >= 4 is 11.6 Å². The van der Waals surface area contributed by atoms with Gasteiger partial charge in [-0.3, -0.25) is 0 Å². The summed E-state index contributed by atoms with van der Waals surface area (Å²) in [7, 11) is 0. The van der Waals surface area contributed by atoms with Gasteiger partial charge in [-0.15, -0.1) is 0 Å². The van der Waals surface area contributed by atoms with Crippen LogP contribution in [0.3, 0.4) is 0 Å². The van der Waals surface area contributed by atoms with Crippen LogP contribution < -0.4 is 16.6 Å². The number of nitrogens with one attached hydrogen (secondary N) is 2. The Morgan fingerprint density at radius 1 is 1.40 bits per heavy atom. The molecule has 1 fully saturated rings. The topological polar surface area (TPSA) is 105 Å². The fourth-order valence-electron chi connectivity index (χ4n) is 2.09. The Morgan fingerprint density at radius 3 is 2.65 bits per heavy atom. The summed E-state index contributed by atoms with van der Waals surface area (Å²) < 4.78 is 5.23. The van der Waals surface area contributed by atoms with Gasteiger partial charge in [0, 0.05) is 31.1 Å². The molecule has 112 valence electrons.